The van der Waals surface area contributed by atoms with E-state index in [-0.39, 0.29) is 5.75 Å². The summed E-state index contributed by atoms with van der Waals surface area (Å²) in [7, 11) is 0. The van der Waals surface area contributed by atoms with Gasteiger partial charge in [-0.2, -0.15) is 0 Å². The van der Waals surface area contributed by atoms with Gasteiger partial charge in [0.2, 0.25) is 0 Å². The van der Waals surface area contributed by atoms with Crippen LogP contribution in [0.2, 0.25) is 0 Å². The van der Waals surface area contributed by atoms with Gasteiger partial charge in [-0.05, 0) is 28.4 Å². The molecule has 0 saturated heterocycles. The van der Waals surface area contributed by atoms with Crippen molar-refractivity contribution in [2.45, 2.75) is 13.3 Å². The molecule has 2 rings (SSSR count). The molecule has 0 aliphatic rings. The molecule has 0 aliphatic carbocycles. The number of aromatic nitrogens is 1. The minimum Gasteiger partial charge on any atom is -0.505 e. The molecule has 2 aromatic rings. The van der Waals surface area contributed by atoms with Gasteiger partial charge < -0.3 is 5.11 Å². The van der Waals surface area contributed by atoms with Gasteiger partial charge in [0.15, 0.2) is 5.75 Å². The molecule has 0 spiro atoms. The predicted octanol–water partition coefficient (Wildman–Crippen LogP) is 3.27. The van der Waals surface area contributed by atoms with E-state index in [2.05, 4.69) is 20.9 Å². The van der Waals surface area contributed by atoms with Gasteiger partial charge in [-0.15, -0.1) is 0 Å². The van der Waals surface area contributed by atoms with Crippen LogP contribution in [0.15, 0.2) is 28.7 Å². The van der Waals surface area contributed by atoms with Gasteiger partial charge in [0.25, 0.3) is 0 Å². The van der Waals surface area contributed by atoms with Crippen molar-refractivity contribution in [3.8, 4) is 5.75 Å². The van der Waals surface area contributed by atoms with Crippen LogP contribution in [0.5, 0.6) is 5.75 Å². The van der Waals surface area contributed by atoms with Crippen molar-refractivity contribution in [3.63, 3.8) is 0 Å². The summed E-state index contributed by atoms with van der Waals surface area (Å²) < 4.78 is 0.736. The summed E-state index contributed by atoms with van der Waals surface area (Å²) in [5.41, 5.74) is 1.64. The van der Waals surface area contributed by atoms with Crippen molar-refractivity contribution in [2.24, 2.45) is 0 Å². The van der Waals surface area contributed by atoms with Crippen LogP contribution >= 0.6 is 15.9 Å². The first-order valence-corrected chi connectivity index (χ1v) is 5.29. The molecule has 0 amide bonds. The molecule has 0 radical (unpaired) electrons. The molecular formula is C11H10BrNO. The van der Waals surface area contributed by atoms with Crippen LogP contribution in [0.25, 0.3) is 10.9 Å². The number of nitrogens with zero attached hydrogens (tertiary/aromatic N) is 1. The van der Waals surface area contributed by atoms with E-state index in [0.717, 1.165) is 27.5 Å². The fourth-order valence-corrected chi connectivity index (χ4v) is 2.02. The zero-order valence-corrected chi connectivity index (χ0v) is 9.37. The predicted molar refractivity (Wildman–Crippen MR) is 60.5 cm³/mol. The summed E-state index contributed by atoms with van der Waals surface area (Å²) in [6.45, 7) is 1.98. The van der Waals surface area contributed by atoms with Crippen LogP contribution in [0.4, 0.5) is 0 Å². The van der Waals surface area contributed by atoms with Gasteiger partial charge in [-0.3, -0.25) is 0 Å². The maximum Gasteiger partial charge on any atom is 0.151 e. The lowest BCUT2D eigenvalue weighted by atomic mass is 10.1. The molecule has 1 aromatic carbocycles. The average Bonchev–Trinajstić information content (AvgIpc) is 2.23. The molecule has 0 aliphatic heterocycles. The van der Waals surface area contributed by atoms with Crippen LogP contribution in [-0.4, -0.2) is 10.1 Å². The maximum atomic E-state index is 9.79. The van der Waals surface area contributed by atoms with E-state index in [1.54, 1.807) is 0 Å². The molecule has 0 unspecified atom stereocenters. The molecule has 3 heteroatoms. The van der Waals surface area contributed by atoms with Crippen LogP contribution in [-0.2, 0) is 6.42 Å². The summed E-state index contributed by atoms with van der Waals surface area (Å²) in [5.74, 6) is 0.256. The zero-order valence-electron chi connectivity index (χ0n) is 7.79. The van der Waals surface area contributed by atoms with Crippen LogP contribution in [0.3, 0.4) is 0 Å². The van der Waals surface area contributed by atoms with E-state index < -0.39 is 0 Å². The largest absolute Gasteiger partial charge is 0.505 e. The Morgan fingerprint density at radius 1 is 1.36 bits per heavy atom. The topological polar surface area (TPSA) is 33.1 Å². The maximum absolute atomic E-state index is 9.79. The number of halogens is 1. The second kappa shape index (κ2) is 3.58. The first kappa shape index (κ1) is 9.46. The van der Waals surface area contributed by atoms with E-state index in [1.165, 1.54) is 0 Å². The number of aromatic hydroxyl groups is 1. The summed E-state index contributed by atoms with van der Waals surface area (Å²) >= 11 is 3.38. The normalized spacial score (nSPS) is 10.7. The van der Waals surface area contributed by atoms with Gasteiger partial charge >= 0.3 is 0 Å². The molecule has 1 heterocycles. The van der Waals surface area contributed by atoms with Crippen molar-refractivity contribution in [3.05, 3.63) is 34.4 Å². The van der Waals surface area contributed by atoms with Crippen LogP contribution < -0.4 is 0 Å². The number of fused-ring (bicyclic) bond motifs is 1. The lowest BCUT2D eigenvalue weighted by Gasteiger charge is -2.06. The number of benzene rings is 1. The van der Waals surface area contributed by atoms with Gasteiger partial charge in [0, 0.05) is 5.39 Å². The highest BCUT2D eigenvalue weighted by atomic mass is 79.9. The minimum atomic E-state index is 0.256. The number of aryl methyl sites for hydroxylation is 1. The third kappa shape index (κ3) is 1.38. The molecule has 0 fully saturated rings. The number of hydrogen-bond acceptors (Lipinski definition) is 2. The fraction of sp³-hybridized carbons (Fsp3) is 0.182. The van der Waals surface area contributed by atoms with E-state index in [0.29, 0.717) is 0 Å². The molecule has 0 atom stereocenters. The Hall–Kier alpha value is -1.09. The first-order chi connectivity index (χ1) is 6.74. The minimum absolute atomic E-state index is 0.256. The quantitative estimate of drug-likeness (QED) is 0.844. The number of para-hydroxylation sites is 1. The van der Waals surface area contributed by atoms with Crippen molar-refractivity contribution in [2.75, 3.05) is 0 Å². The monoisotopic (exact) mass is 251 g/mol. The number of hydrogen-bond donors (Lipinski definition) is 1. The third-order valence-corrected chi connectivity index (χ3v) is 3.01. The van der Waals surface area contributed by atoms with Crippen molar-refractivity contribution in [1.29, 1.82) is 0 Å². The smallest absolute Gasteiger partial charge is 0.151 e. The van der Waals surface area contributed by atoms with E-state index in [9.17, 15) is 5.11 Å². The molecule has 0 bridgehead atoms. The molecule has 14 heavy (non-hydrogen) atoms. The van der Waals surface area contributed by atoms with Gasteiger partial charge in [-0.25, -0.2) is 4.98 Å². The molecule has 2 nitrogen and oxygen atoms in total. The highest BCUT2D eigenvalue weighted by molar-refractivity contribution is 9.10. The number of rotatable bonds is 1. The Morgan fingerprint density at radius 3 is 2.79 bits per heavy atom. The Kier molecular flexibility index (Phi) is 2.42. The van der Waals surface area contributed by atoms with Crippen LogP contribution in [0, 0.1) is 0 Å². The van der Waals surface area contributed by atoms with Crippen molar-refractivity contribution in [1.82, 2.24) is 4.98 Å². The number of pyridine rings is 1. The summed E-state index contributed by atoms with van der Waals surface area (Å²) in [4.78, 5) is 4.37. The van der Waals surface area contributed by atoms with Gasteiger partial charge in [-0.1, -0.05) is 25.1 Å². The zero-order chi connectivity index (χ0) is 10.1. The standard InChI is InChI=1S/C11H10BrNO/c1-2-8-11(14)10(12)7-5-3-4-6-9(7)13-8/h3-6,14H,2H2,1H3. The fourth-order valence-electron chi connectivity index (χ4n) is 1.46. The lowest BCUT2D eigenvalue weighted by molar-refractivity contribution is 0.463. The molecule has 72 valence electrons. The van der Waals surface area contributed by atoms with Crippen molar-refractivity contribution >= 4 is 26.8 Å². The van der Waals surface area contributed by atoms with Crippen LogP contribution in [0.1, 0.15) is 12.6 Å². The molecular weight excluding hydrogens is 242 g/mol. The summed E-state index contributed by atoms with van der Waals surface area (Å²) in [5, 5.41) is 10.7. The van der Waals surface area contributed by atoms with E-state index in [1.807, 2.05) is 31.2 Å². The third-order valence-electron chi connectivity index (χ3n) is 2.21. The van der Waals surface area contributed by atoms with Gasteiger partial charge in [0.05, 0.1) is 15.7 Å². The molecule has 0 saturated carbocycles. The van der Waals surface area contributed by atoms with E-state index in [4.69, 9.17) is 0 Å². The summed E-state index contributed by atoms with van der Waals surface area (Å²) in [6.07, 6.45) is 0.731. The Bertz CT molecular complexity index is 482. The molecule has 1 aromatic heterocycles. The SMILES string of the molecule is CCc1nc2ccccc2c(Br)c1O. The Morgan fingerprint density at radius 2 is 2.07 bits per heavy atom. The van der Waals surface area contributed by atoms with Gasteiger partial charge in [0.1, 0.15) is 0 Å². The van der Waals surface area contributed by atoms with E-state index >= 15 is 0 Å². The average molecular weight is 252 g/mol. The second-order valence-corrected chi connectivity index (χ2v) is 3.88. The lowest BCUT2D eigenvalue weighted by Crippen LogP contribution is -1.90. The second-order valence-electron chi connectivity index (χ2n) is 3.09. The molecule has 1 N–H and O–H groups in total. The Labute approximate surface area is 90.7 Å². The highest BCUT2D eigenvalue weighted by Crippen LogP contribution is 2.33. The first-order valence-electron chi connectivity index (χ1n) is 4.50. The Balaban J connectivity index is 2.85. The summed E-state index contributed by atoms with van der Waals surface area (Å²) in [6, 6.07) is 7.75. The highest BCUT2D eigenvalue weighted by Gasteiger charge is 2.09. The van der Waals surface area contributed by atoms with Crippen molar-refractivity contribution < 1.29 is 5.11 Å².